The van der Waals surface area contributed by atoms with Gasteiger partial charge < -0.3 is 5.32 Å². The molecule has 33 heavy (non-hydrogen) atoms. The number of hydrogen-bond acceptors (Lipinski definition) is 3. The first kappa shape index (κ1) is 24.3. The number of halogens is 3. The third-order valence-corrected chi connectivity index (χ3v) is 6.80. The predicted molar refractivity (Wildman–Crippen MR) is 122 cm³/mol. The molecule has 174 valence electrons. The summed E-state index contributed by atoms with van der Waals surface area (Å²) < 4.78 is 66.3. The second-order valence-electron chi connectivity index (χ2n) is 7.74. The number of hydrogen-bond donors (Lipinski definition) is 1. The molecule has 0 bridgehead atoms. The molecule has 0 radical (unpaired) electrons. The molecule has 0 aliphatic heterocycles. The van der Waals surface area contributed by atoms with E-state index in [1.807, 2.05) is 19.9 Å². The van der Waals surface area contributed by atoms with Crippen LogP contribution >= 0.6 is 0 Å². The average molecular weight is 477 g/mol. The molecule has 1 amide bonds. The normalized spacial score (nSPS) is 11.8. The summed E-state index contributed by atoms with van der Waals surface area (Å²) in [6.07, 6.45) is -4.50. The van der Waals surface area contributed by atoms with Crippen LogP contribution in [0.3, 0.4) is 0 Å². The van der Waals surface area contributed by atoms with Crippen molar-refractivity contribution < 1.29 is 26.4 Å². The summed E-state index contributed by atoms with van der Waals surface area (Å²) in [7, 11) is -4.10. The zero-order valence-electron chi connectivity index (χ0n) is 18.3. The van der Waals surface area contributed by atoms with Crippen molar-refractivity contribution in [3.63, 3.8) is 0 Å². The van der Waals surface area contributed by atoms with Gasteiger partial charge in [0, 0.05) is 5.69 Å². The lowest BCUT2D eigenvalue weighted by molar-refractivity contribution is -0.137. The number of anilines is 2. The van der Waals surface area contributed by atoms with Gasteiger partial charge in [0.25, 0.3) is 10.0 Å². The minimum atomic E-state index is -4.50. The topological polar surface area (TPSA) is 66.5 Å². The van der Waals surface area contributed by atoms with E-state index in [-0.39, 0.29) is 10.6 Å². The zero-order chi connectivity index (χ0) is 24.4. The van der Waals surface area contributed by atoms with Gasteiger partial charge in [-0.1, -0.05) is 29.8 Å². The van der Waals surface area contributed by atoms with Gasteiger partial charge in [-0.05, 0) is 74.4 Å². The smallest absolute Gasteiger partial charge is 0.325 e. The molecule has 3 aromatic rings. The highest BCUT2D eigenvalue weighted by Crippen LogP contribution is 2.30. The summed E-state index contributed by atoms with van der Waals surface area (Å²) in [5.74, 6) is -0.689. The van der Waals surface area contributed by atoms with Gasteiger partial charge in [-0.25, -0.2) is 8.42 Å². The van der Waals surface area contributed by atoms with Crippen molar-refractivity contribution in [3.8, 4) is 0 Å². The van der Waals surface area contributed by atoms with Crippen LogP contribution in [-0.4, -0.2) is 20.9 Å². The van der Waals surface area contributed by atoms with Gasteiger partial charge in [0.2, 0.25) is 5.91 Å². The molecule has 9 heteroatoms. The Kier molecular flexibility index (Phi) is 6.83. The van der Waals surface area contributed by atoms with Gasteiger partial charge in [-0.15, -0.1) is 0 Å². The maximum Gasteiger partial charge on any atom is 0.416 e. The first-order valence-electron chi connectivity index (χ1n) is 10.0. The Morgan fingerprint density at radius 3 is 2.03 bits per heavy atom. The van der Waals surface area contributed by atoms with Crippen LogP contribution in [0.25, 0.3) is 0 Å². The molecule has 0 heterocycles. The van der Waals surface area contributed by atoms with Crippen LogP contribution in [0.2, 0.25) is 0 Å². The number of aryl methyl sites for hydroxylation is 3. The molecule has 0 saturated heterocycles. The molecular formula is C24H23F3N2O3S. The Hall–Kier alpha value is -3.33. The average Bonchev–Trinajstić information content (AvgIpc) is 2.74. The van der Waals surface area contributed by atoms with E-state index in [9.17, 15) is 26.4 Å². The van der Waals surface area contributed by atoms with E-state index in [0.29, 0.717) is 11.3 Å². The summed E-state index contributed by atoms with van der Waals surface area (Å²) in [6.45, 7) is 4.82. The number of nitrogens with one attached hydrogen (secondary N) is 1. The standard InChI is InChI=1S/C24H23F3N2O3S/c1-16-5-12-21(13-6-16)33(31,32)29(22-14-17(2)4-7-18(22)3)15-23(30)28-20-10-8-19(9-11-20)24(25,26)27/h4-14H,15H2,1-3H3,(H,28,30). The summed E-state index contributed by atoms with van der Waals surface area (Å²) in [5.41, 5.74) is 1.97. The largest absolute Gasteiger partial charge is 0.416 e. The summed E-state index contributed by atoms with van der Waals surface area (Å²) in [5, 5.41) is 2.48. The quantitative estimate of drug-likeness (QED) is 0.514. The lowest BCUT2D eigenvalue weighted by Gasteiger charge is -2.26. The van der Waals surface area contributed by atoms with Crippen LogP contribution in [0.5, 0.6) is 0 Å². The SMILES string of the molecule is Cc1ccc(S(=O)(=O)N(CC(=O)Nc2ccc(C(F)(F)F)cc2)c2cc(C)ccc2C)cc1. The third-order valence-electron chi connectivity index (χ3n) is 5.03. The summed E-state index contributed by atoms with van der Waals surface area (Å²) in [4.78, 5) is 12.8. The van der Waals surface area contributed by atoms with E-state index in [0.717, 1.165) is 39.7 Å². The van der Waals surface area contributed by atoms with Crippen molar-refractivity contribution in [2.45, 2.75) is 31.8 Å². The Balaban J connectivity index is 1.94. The molecule has 0 aromatic heterocycles. The molecule has 0 saturated carbocycles. The van der Waals surface area contributed by atoms with Crippen LogP contribution < -0.4 is 9.62 Å². The van der Waals surface area contributed by atoms with Crippen LogP contribution in [-0.2, 0) is 21.0 Å². The molecule has 0 aliphatic rings. The summed E-state index contributed by atoms with van der Waals surface area (Å²) in [6, 6.07) is 15.5. The van der Waals surface area contributed by atoms with Crippen molar-refractivity contribution in [1.82, 2.24) is 0 Å². The van der Waals surface area contributed by atoms with E-state index in [2.05, 4.69) is 5.32 Å². The van der Waals surface area contributed by atoms with E-state index in [1.165, 1.54) is 12.1 Å². The number of rotatable bonds is 6. The molecule has 5 nitrogen and oxygen atoms in total. The van der Waals surface area contributed by atoms with Gasteiger partial charge >= 0.3 is 6.18 Å². The molecule has 0 atom stereocenters. The first-order chi connectivity index (χ1) is 15.4. The fraction of sp³-hybridized carbons (Fsp3) is 0.208. The lowest BCUT2D eigenvalue weighted by Crippen LogP contribution is -2.38. The molecule has 3 aromatic carbocycles. The molecule has 1 N–H and O–H groups in total. The van der Waals surface area contributed by atoms with Crippen LogP contribution in [0.1, 0.15) is 22.3 Å². The minimum Gasteiger partial charge on any atom is -0.325 e. The summed E-state index contributed by atoms with van der Waals surface area (Å²) >= 11 is 0. The van der Waals surface area contributed by atoms with E-state index in [1.54, 1.807) is 31.2 Å². The lowest BCUT2D eigenvalue weighted by atomic mass is 10.1. The van der Waals surface area contributed by atoms with Crippen LogP contribution in [0, 0.1) is 20.8 Å². The van der Waals surface area contributed by atoms with Crippen molar-refractivity contribution in [3.05, 3.63) is 89.0 Å². The number of benzene rings is 3. The highest BCUT2D eigenvalue weighted by molar-refractivity contribution is 7.92. The number of amides is 1. The van der Waals surface area contributed by atoms with Crippen molar-refractivity contribution in [2.75, 3.05) is 16.2 Å². The Bertz CT molecular complexity index is 1250. The van der Waals surface area contributed by atoms with E-state index in [4.69, 9.17) is 0 Å². The first-order valence-corrected chi connectivity index (χ1v) is 11.5. The highest BCUT2D eigenvalue weighted by atomic mass is 32.2. The second-order valence-corrected chi connectivity index (χ2v) is 9.60. The maximum absolute atomic E-state index is 13.5. The third kappa shape index (κ3) is 5.73. The van der Waals surface area contributed by atoms with Crippen molar-refractivity contribution in [1.29, 1.82) is 0 Å². The van der Waals surface area contributed by atoms with Gasteiger partial charge in [-0.3, -0.25) is 9.10 Å². The van der Waals surface area contributed by atoms with Crippen LogP contribution in [0.4, 0.5) is 24.5 Å². The monoisotopic (exact) mass is 476 g/mol. The molecular weight excluding hydrogens is 453 g/mol. The van der Waals surface area contributed by atoms with Gasteiger partial charge in [0.15, 0.2) is 0 Å². The Morgan fingerprint density at radius 1 is 0.879 bits per heavy atom. The van der Waals surface area contributed by atoms with Crippen molar-refractivity contribution in [2.24, 2.45) is 0 Å². The fourth-order valence-corrected chi connectivity index (χ4v) is 4.68. The van der Waals surface area contributed by atoms with Crippen LogP contribution in [0.15, 0.2) is 71.6 Å². The second kappa shape index (κ2) is 9.27. The number of nitrogens with zero attached hydrogens (tertiary/aromatic N) is 1. The number of alkyl halides is 3. The number of sulfonamides is 1. The molecule has 0 unspecified atom stereocenters. The zero-order valence-corrected chi connectivity index (χ0v) is 19.1. The maximum atomic E-state index is 13.5. The fourth-order valence-electron chi connectivity index (χ4n) is 3.20. The molecule has 0 spiro atoms. The van der Waals surface area contributed by atoms with Crippen molar-refractivity contribution >= 4 is 27.3 Å². The molecule has 3 rings (SSSR count). The van der Waals surface area contributed by atoms with E-state index >= 15 is 0 Å². The highest BCUT2D eigenvalue weighted by Gasteiger charge is 2.31. The van der Waals surface area contributed by atoms with E-state index < -0.39 is 34.2 Å². The Labute approximate surface area is 190 Å². The van der Waals surface area contributed by atoms with Gasteiger partial charge in [0.1, 0.15) is 6.54 Å². The molecule has 0 aliphatic carbocycles. The number of carbonyl (C=O) groups excluding carboxylic acids is 1. The van der Waals surface area contributed by atoms with Gasteiger partial charge in [0.05, 0.1) is 16.1 Å². The minimum absolute atomic E-state index is 0.0244. The molecule has 0 fully saturated rings. The number of carbonyl (C=O) groups is 1. The predicted octanol–water partition coefficient (Wildman–Crippen LogP) is 5.46. The van der Waals surface area contributed by atoms with Gasteiger partial charge in [-0.2, -0.15) is 13.2 Å². The Morgan fingerprint density at radius 2 is 1.45 bits per heavy atom.